The summed E-state index contributed by atoms with van der Waals surface area (Å²) >= 11 is 0. The second-order valence-electron chi connectivity index (χ2n) is 19.1. The van der Waals surface area contributed by atoms with Crippen LogP contribution in [0.25, 0.3) is 22.3 Å². The molecule has 0 heterocycles. The van der Waals surface area contributed by atoms with E-state index < -0.39 is 22.1 Å². The summed E-state index contributed by atoms with van der Waals surface area (Å²) in [5, 5.41) is 62.0. The van der Waals surface area contributed by atoms with E-state index in [-0.39, 0.29) is 39.7 Å². The molecule has 376 valence electrons. The highest BCUT2D eigenvalue weighted by atomic mass is 31.2. The van der Waals surface area contributed by atoms with Gasteiger partial charge in [0, 0.05) is 37.4 Å². The van der Waals surface area contributed by atoms with Crippen LogP contribution in [0.1, 0.15) is 43.0 Å². The molecule has 12 heteroatoms. The van der Waals surface area contributed by atoms with E-state index in [1.54, 1.807) is 97.1 Å². The van der Waals surface area contributed by atoms with Crippen molar-refractivity contribution in [2.45, 2.75) is 53.6 Å². The third kappa shape index (κ3) is 12.1. The second-order valence-corrected chi connectivity index (χ2v) is 27.0. The van der Waals surface area contributed by atoms with Gasteiger partial charge in [0.2, 0.25) is 0 Å². The fourth-order valence-electron chi connectivity index (χ4n) is 8.45. The lowest BCUT2D eigenvalue weighted by Gasteiger charge is -2.23. The molecule has 1 unspecified atom stereocenters. The first-order valence-electron chi connectivity index (χ1n) is 23.8. The molecule has 0 amide bonds. The van der Waals surface area contributed by atoms with Gasteiger partial charge in [-0.1, -0.05) is 76.9 Å². The molecule has 74 heavy (non-hydrogen) atoms. The van der Waals surface area contributed by atoms with E-state index >= 15 is 0 Å². The number of aromatic hydroxyl groups is 6. The Bertz CT molecular complexity index is 3330. The van der Waals surface area contributed by atoms with Crippen LogP contribution < -0.4 is 37.1 Å². The Labute approximate surface area is 434 Å². The lowest BCUT2D eigenvalue weighted by atomic mass is 9.94. The SMILES string of the molecule is CC(C)(C)[P+](=O)c1cccc(-c2ccc(O)cc2)c1-c1ccc(O)cc1.Cc1cc(C)c(P(=O)(c2ccc(O)cc2)c2ccc(O)cc2)cc1C.Cc1ccc(P(=O)(c2ccc(O)cc2)c2ccc(O)cc2)cc1. The van der Waals surface area contributed by atoms with Gasteiger partial charge in [0.1, 0.15) is 34.5 Å². The standard InChI is InChI=1S/C22H21O3P.C21H21O3P.C19H17O3P/c1-22(2,3)26(25)20-6-4-5-19(15-7-11-17(23)12-8-15)21(20)16-9-13-18(24)14-10-16;1-14-12-16(3)21(13-15(14)2)25(24,19-8-4-17(22)5-9-19)20-10-6-18(23)7-11-20;1-14-2-8-17(9-3-14)23(22,18-10-4-15(20)5-11-18)19-12-6-16(21)7-13-19/h4-14H,1-3H3,(H-,23,24,25);4-13,22-23H,1-3H3;2-13,20-21H,1H3/p+1. The zero-order valence-corrected chi connectivity index (χ0v) is 45.0. The van der Waals surface area contributed by atoms with Crippen molar-refractivity contribution in [3.63, 3.8) is 0 Å². The highest BCUT2D eigenvalue weighted by Crippen LogP contribution is 2.46. The number of benzene rings is 9. The molecule has 1 atom stereocenters. The van der Waals surface area contributed by atoms with Gasteiger partial charge in [-0.3, -0.25) is 0 Å². The average molecular weight is 1040 g/mol. The van der Waals surface area contributed by atoms with Gasteiger partial charge in [0.15, 0.2) is 24.7 Å². The molecule has 0 aliphatic rings. The third-order valence-corrected chi connectivity index (χ3v) is 20.9. The summed E-state index contributed by atoms with van der Waals surface area (Å²) in [6, 6.07) is 57.3. The molecule has 0 saturated carbocycles. The smallest absolute Gasteiger partial charge is 0.382 e. The van der Waals surface area contributed by atoms with Crippen LogP contribution in [0.15, 0.2) is 200 Å². The molecule has 9 aromatic rings. The van der Waals surface area contributed by atoms with E-state index in [0.29, 0.717) is 21.2 Å². The topological polar surface area (TPSA) is 173 Å². The van der Waals surface area contributed by atoms with E-state index in [4.69, 9.17) is 0 Å². The van der Waals surface area contributed by atoms with Gasteiger partial charge in [0.05, 0.1) is 0 Å². The minimum absolute atomic E-state index is 0.134. The molecule has 0 aromatic heterocycles. The van der Waals surface area contributed by atoms with Crippen LogP contribution in [0.4, 0.5) is 0 Å². The van der Waals surface area contributed by atoms with Crippen molar-refractivity contribution in [2.75, 3.05) is 0 Å². The minimum Gasteiger partial charge on any atom is -0.508 e. The molecular formula is C62H60O9P3+. The van der Waals surface area contributed by atoms with Crippen LogP contribution in [0.3, 0.4) is 0 Å². The van der Waals surface area contributed by atoms with Crippen molar-refractivity contribution < 1.29 is 44.3 Å². The second kappa shape index (κ2) is 22.6. The largest absolute Gasteiger partial charge is 0.508 e. The van der Waals surface area contributed by atoms with Crippen molar-refractivity contribution in [1.29, 1.82) is 0 Å². The summed E-state index contributed by atoms with van der Waals surface area (Å²) in [6.45, 7) is 13.9. The molecule has 6 N–H and O–H groups in total. The summed E-state index contributed by atoms with van der Waals surface area (Å²) in [5.41, 5.74) is 7.97. The average Bonchev–Trinajstić information content (AvgIpc) is 3.38. The maximum absolute atomic E-state index is 14.4. The van der Waals surface area contributed by atoms with E-state index in [1.165, 1.54) is 24.3 Å². The van der Waals surface area contributed by atoms with Gasteiger partial charge in [0.25, 0.3) is 0 Å². The zero-order valence-electron chi connectivity index (χ0n) is 42.3. The molecule has 0 fully saturated rings. The van der Waals surface area contributed by atoms with E-state index in [9.17, 15) is 44.3 Å². The van der Waals surface area contributed by atoms with Crippen LogP contribution in [0.5, 0.6) is 34.5 Å². The van der Waals surface area contributed by atoms with Crippen molar-refractivity contribution >= 4 is 59.2 Å². The highest BCUT2D eigenvalue weighted by Gasteiger charge is 2.39. The fourth-order valence-corrected chi connectivity index (χ4v) is 15.4. The van der Waals surface area contributed by atoms with Crippen LogP contribution in [-0.2, 0) is 13.7 Å². The molecule has 0 aliphatic heterocycles. The molecule has 9 rings (SSSR count). The summed E-state index contributed by atoms with van der Waals surface area (Å²) in [6.07, 6.45) is 0. The van der Waals surface area contributed by atoms with Gasteiger partial charge in [-0.05, 0) is 215 Å². The first kappa shape index (κ1) is 54.1. The first-order valence-corrected chi connectivity index (χ1v) is 28.5. The lowest BCUT2D eigenvalue weighted by Crippen LogP contribution is -2.27. The molecule has 0 spiro atoms. The molecule has 0 bridgehead atoms. The lowest BCUT2D eigenvalue weighted by molar-refractivity contribution is 0.475. The zero-order chi connectivity index (χ0) is 53.5. The Morgan fingerprint density at radius 2 is 0.703 bits per heavy atom. The Morgan fingerprint density at radius 1 is 0.378 bits per heavy atom. The van der Waals surface area contributed by atoms with Gasteiger partial charge >= 0.3 is 7.80 Å². The molecule has 9 nitrogen and oxygen atoms in total. The van der Waals surface area contributed by atoms with Crippen molar-refractivity contribution in [2.24, 2.45) is 0 Å². The fraction of sp³-hybridized carbons (Fsp3) is 0.129. The normalized spacial score (nSPS) is 11.6. The molecule has 0 radical (unpaired) electrons. The van der Waals surface area contributed by atoms with Gasteiger partial charge in [-0.2, -0.15) is 0 Å². The number of hydrogen-bond acceptors (Lipinski definition) is 9. The monoisotopic (exact) mass is 1040 g/mol. The number of phenols is 6. The highest BCUT2D eigenvalue weighted by molar-refractivity contribution is 7.85. The van der Waals surface area contributed by atoms with Crippen molar-refractivity contribution in [1.82, 2.24) is 0 Å². The predicted octanol–water partition coefficient (Wildman–Crippen LogP) is 12.4. The van der Waals surface area contributed by atoms with Crippen LogP contribution in [-0.4, -0.2) is 35.8 Å². The number of phenolic OH excluding ortho intramolecular Hbond substituents is 6. The molecular weight excluding hydrogens is 982 g/mol. The van der Waals surface area contributed by atoms with Crippen LogP contribution in [0.2, 0.25) is 0 Å². The van der Waals surface area contributed by atoms with Crippen LogP contribution >= 0.6 is 22.1 Å². The van der Waals surface area contributed by atoms with Crippen molar-refractivity contribution in [3.8, 4) is 56.8 Å². The summed E-state index contributed by atoms with van der Waals surface area (Å²) in [5.74, 6) is 0.940. The van der Waals surface area contributed by atoms with E-state index in [0.717, 1.165) is 60.4 Å². The first-order chi connectivity index (χ1) is 35.1. The molecule has 0 saturated heterocycles. The number of aryl methyl sites for hydroxylation is 4. The van der Waals surface area contributed by atoms with Crippen LogP contribution in [0, 0.1) is 27.7 Å². The van der Waals surface area contributed by atoms with Gasteiger partial charge in [-0.25, -0.2) is 0 Å². The number of hydrogen-bond donors (Lipinski definition) is 6. The molecule has 0 aliphatic carbocycles. The Morgan fingerprint density at radius 3 is 1.08 bits per heavy atom. The minimum atomic E-state index is -3.12. The summed E-state index contributed by atoms with van der Waals surface area (Å²) in [7, 11) is -7.82. The van der Waals surface area contributed by atoms with Gasteiger partial charge in [-0.15, -0.1) is 0 Å². The molecule has 9 aromatic carbocycles. The maximum atomic E-state index is 14.4. The predicted molar refractivity (Wildman–Crippen MR) is 305 cm³/mol. The quantitative estimate of drug-likeness (QED) is 0.0770. The van der Waals surface area contributed by atoms with E-state index in [1.807, 2.05) is 121 Å². The summed E-state index contributed by atoms with van der Waals surface area (Å²) < 4.78 is 41.6. The van der Waals surface area contributed by atoms with Gasteiger partial charge < -0.3 is 39.8 Å². The Kier molecular flexibility index (Phi) is 16.5. The van der Waals surface area contributed by atoms with E-state index in [2.05, 4.69) is 6.07 Å². The Balaban J connectivity index is 0.000000162. The maximum Gasteiger partial charge on any atom is 0.382 e. The summed E-state index contributed by atoms with van der Waals surface area (Å²) in [4.78, 5) is 0. The van der Waals surface area contributed by atoms with Crippen molar-refractivity contribution in [3.05, 3.63) is 222 Å². The number of rotatable bonds is 9. The third-order valence-electron chi connectivity index (χ3n) is 12.6. The Hall–Kier alpha value is -7.66.